The molecule has 21 heavy (non-hydrogen) atoms. The molecule has 0 spiro atoms. The molecule has 0 aromatic heterocycles. The van der Waals surface area contributed by atoms with E-state index < -0.39 is 0 Å². The molecule has 1 fully saturated rings. The standard InChI is InChI=1S/C18H31N3/c1-3-17(19-4-2)9-8-12-20-13-15-21(16-14-20)18-10-6-5-7-11-18/h5-7,10-11,17,19H,3-4,8-9,12-16H2,1-2H3. The Kier molecular flexibility index (Phi) is 7.04. The maximum absolute atomic E-state index is 3.57. The molecule has 3 heteroatoms. The lowest BCUT2D eigenvalue weighted by atomic mass is 10.1. The van der Waals surface area contributed by atoms with Crippen LogP contribution in [-0.2, 0) is 0 Å². The molecule has 118 valence electrons. The molecule has 0 bridgehead atoms. The van der Waals surface area contributed by atoms with Crippen molar-refractivity contribution in [3.05, 3.63) is 30.3 Å². The summed E-state index contributed by atoms with van der Waals surface area (Å²) in [5.74, 6) is 0. The highest BCUT2D eigenvalue weighted by Crippen LogP contribution is 2.15. The van der Waals surface area contributed by atoms with E-state index >= 15 is 0 Å². The molecule has 3 nitrogen and oxygen atoms in total. The second-order valence-electron chi connectivity index (χ2n) is 5.97. The van der Waals surface area contributed by atoms with Gasteiger partial charge in [-0.3, -0.25) is 4.90 Å². The van der Waals surface area contributed by atoms with Crippen LogP contribution in [0.4, 0.5) is 5.69 Å². The second kappa shape index (κ2) is 9.06. The average molecular weight is 289 g/mol. The third-order valence-electron chi connectivity index (χ3n) is 4.51. The third kappa shape index (κ3) is 5.33. The van der Waals surface area contributed by atoms with Gasteiger partial charge in [-0.05, 0) is 44.5 Å². The van der Waals surface area contributed by atoms with Crippen molar-refractivity contribution < 1.29 is 0 Å². The molecule has 0 aliphatic carbocycles. The van der Waals surface area contributed by atoms with Gasteiger partial charge in [0.1, 0.15) is 0 Å². The van der Waals surface area contributed by atoms with Gasteiger partial charge in [0.15, 0.2) is 0 Å². The van der Waals surface area contributed by atoms with Gasteiger partial charge in [-0.25, -0.2) is 0 Å². The van der Waals surface area contributed by atoms with Crippen LogP contribution in [0.3, 0.4) is 0 Å². The van der Waals surface area contributed by atoms with Crippen molar-refractivity contribution in [2.24, 2.45) is 0 Å². The van der Waals surface area contributed by atoms with Gasteiger partial charge in [-0.15, -0.1) is 0 Å². The fraction of sp³-hybridized carbons (Fsp3) is 0.667. The van der Waals surface area contributed by atoms with E-state index in [0.29, 0.717) is 6.04 Å². The minimum atomic E-state index is 0.709. The van der Waals surface area contributed by atoms with Crippen molar-refractivity contribution in [2.75, 3.05) is 44.2 Å². The first-order chi connectivity index (χ1) is 10.3. The van der Waals surface area contributed by atoms with E-state index in [1.165, 1.54) is 44.6 Å². The summed E-state index contributed by atoms with van der Waals surface area (Å²) >= 11 is 0. The zero-order valence-electron chi connectivity index (χ0n) is 13.7. The van der Waals surface area contributed by atoms with Gasteiger partial charge in [0.2, 0.25) is 0 Å². The summed E-state index contributed by atoms with van der Waals surface area (Å²) in [6.07, 6.45) is 3.87. The van der Waals surface area contributed by atoms with Crippen molar-refractivity contribution in [3.8, 4) is 0 Å². The lowest BCUT2D eigenvalue weighted by molar-refractivity contribution is 0.248. The van der Waals surface area contributed by atoms with Gasteiger partial charge in [0.05, 0.1) is 0 Å². The van der Waals surface area contributed by atoms with Gasteiger partial charge in [-0.1, -0.05) is 32.0 Å². The number of anilines is 1. The third-order valence-corrected chi connectivity index (χ3v) is 4.51. The van der Waals surface area contributed by atoms with Crippen LogP contribution < -0.4 is 10.2 Å². The molecule has 1 atom stereocenters. The number of benzene rings is 1. The Morgan fingerprint density at radius 3 is 2.38 bits per heavy atom. The SMILES string of the molecule is CCNC(CC)CCCN1CCN(c2ccccc2)CC1. The molecule has 1 unspecified atom stereocenters. The van der Waals surface area contributed by atoms with Crippen LogP contribution in [0.2, 0.25) is 0 Å². The first kappa shape index (κ1) is 16.3. The van der Waals surface area contributed by atoms with Crippen molar-refractivity contribution in [1.29, 1.82) is 0 Å². The van der Waals surface area contributed by atoms with Crippen LogP contribution in [0, 0.1) is 0 Å². The van der Waals surface area contributed by atoms with Crippen LogP contribution in [0.1, 0.15) is 33.1 Å². The van der Waals surface area contributed by atoms with Crippen LogP contribution in [0.15, 0.2) is 30.3 Å². The lowest BCUT2D eigenvalue weighted by Crippen LogP contribution is -2.46. The van der Waals surface area contributed by atoms with E-state index in [1.54, 1.807) is 0 Å². The van der Waals surface area contributed by atoms with E-state index in [9.17, 15) is 0 Å². The van der Waals surface area contributed by atoms with Gasteiger partial charge in [0.25, 0.3) is 0 Å². The highest BCUT2D eigenvalue weighted by molar-refractivity contribution is 5.46. The Labute approximate surface area is 130 Å². The van der Waals surface area contributed by atoms with Crippen LogP contribution in [0.25, 0.3) is 0 Å². The molecule has 1 saturated heterocycles. The molecule has 1 aliphatic heterocycles. The van der Waals surface area contributed by atoms with Crippen molar-refractivity contribution in [3.63, 3.8) is 0 Å². The minimum Gasteiger partial charge on any atom is -0.369 e. The Morgan fingerprint density at radius 1 is 1.05 bits per heavy atom. The summed E-state index contributed by atoms with van der Waals surface area (Å²) < 4.78 is 0. The first-order valence-electron chi connectivity index (χ1n) is 8.59. The first-order valence-corrected chi connectivity index (χ1v) is 8.59. The minimum absolute atomic E-state index is 0.709. The Morgan fingerprint density at radius 2 is 1.76 bits per heavy atom. The Balaban J connectivity index is 1.65. The fourth-order valence-corrected chi connectivity index (χ4v) is 3.17. The number of para-hydroxylation sites is 1. The monoisotopic (exact) mass is 289 g/mol. The summed E-state index contributed by atoms with van der Waals surface area (Å²) in [5.41, 5.74) is 1.37. The number of hydrogen-bond acceptors (Lipinski definition) is 3. The molecular formula is C18H31N3. The highest BCUT2D eigenvalue weighted by atomic mass is 15.3. The maximum Gasteiger partial charge on any atom is 0.0367 e. The van der Waals surface area contributed by atoms with E-state index in [0.717, 1.165) is 19.6 Å². The van der Waals surface area contributed by atoms with Crippen LogP contribution in [0.5, 0.6) is 0 Å². The molecule has 2 rings (SSSR count). The summed E-state index contributed by atoms with van der Waals surface area (Å²) in [7, 11) is 0. The topological polar surface area (TPSA) is 18.5 Å². The molecule has 0 saturated carbocycles. The van der Waals surface area contributed by atoms with Gasteiger partial charge < -0.3 is 10.2 Å². The van der Waals surface area contributed by atoms with Gasteiger partial charge in [-0.2, -0.15) is 0 Å². The fourth-order valence-electron chi connectivity index (χ4n) is 3.17. The number of nitrogens with zero attached hydrogens (tertiary/aromatic N) is 2. The molecule has 1 aliphatic rings. The summed E-state index contributed by atoms with van der Waals surface area (Å²) in [4.78, 5) is 5.13. The quantitative estimate of drug-likeness (QED) is 0.794. The van der Waals surface area contributed by atoms with E-state index in [4.69, 9.17) is 0 Å². The number of rotatable bonds is 8. The number of piperazine rings is 1. The van der Waals surface area contributed by atoms with E-state index in [1.807, 2.05) is 0 Å². The highest BCUT2D eigenvalue weighted by Gasteiger charge is 2.16. The maximum atomic E-state index is 3.57. The summed E-state index contributed by atoms with van der Waals surface area (Å²) in [6, 6.07) is 11.5. The smallest absolute Gasteiger partial charge is 0.0367 e. The summed E-state index contributed by atoms with van der Waals surface area (Å²) in [5, 5.41) is 3.57. The summed E-state index contributed by atoms with van der Waals surface area (Å²) in [6.45, 7) is 11.6. The molecule has 1 aromatic carbocycles. The number of nitrogens with one attached hydrogen (secondary N) is 1. The zero-order valence-corrected chi connectivity index (χ0v) is 13.7. The van der Waals surface area contributed by atoms with E-state index in [2.05, 4.69) is 59.3 Å². The van der Waals surface area contributed by atoms with Crippen molar-refractivity contribution in [2.45, 2.75) is 39.2 Å². The molecular weight excluding hydrogens is 258 g/mol. The van der Waals surface area contributed by atoms with Crippen LogP contribution in [-0.4, -0.2) is 50.2 Å². The van der Waals surface area contributed by atoms with Crippen molar-refractivity contribution in [1.82, 2.24) is 10.2 Å². The Hall–Kier alpha value is -1.06. The molecule has 1 N–H and O–H groups in total. The van der Waals surface area contributed by atoms with Gasteiger partial charge >= 0.3 is 0 Å². The molecule has 0 amide bonds. The van der Waals surface area contributed by atoms with Gasteiger partial charge in [0, 0.05) is 37.9 Å². The van der Waals surface area contributed by atoms with Crippen molar-refractivity contribution >= 4 is 5.69 Å². The normalized spacial score (nSPS) is 17.9. The lowest BCUT2D eigenvalue weighted by Gasteiger charge is -2.36. The predicted octanol–water partition coefficient (Wildman–Crippen LogP) is 2.98. The van der Waals surface area contributed by atoms with E-state index in [-0.39, 0.29) is 0 Å². The Bertz CT molecular complexity index is 371. The average Bonchev–Trinajstić information content (AvgIpc) is 2.55. The van der Waals surface area contributed by atoms with Crippen LogP contribution >= 0.6 is 0 Å². The zero-order chi connectivity index (χ0) is 14.9. The number of hydrogen-bond donors (Lipinski definition) is 1. The molecule has 1 heterocycles. The second-order valence-corrected chi connectivity index (χ2v) is 5.97. The largest absolute Gasteiger partial charge is 0.369 e. The molecule has 0 radical (unpaired) electrons. The predicted molar refractivity (Wildman–Crippen MR) is 92.1 cm³/mol. The molecule has 1 aromatic rings.